The predicted octanol–water partition coefficient (Wildman–Crippen LogP) is 9.91. The molecule has 1 aromatic heterocycles. The summed E-state index contributed by atoms with van der Waals surface area (Å²) in [6.45, 7) is 0.450. The van der Waals surface area contributed by atoms with Crippen LogP contribution in [0.4, 0.5) is 0 Å². The van der Waals surface area contributed by atoms with Crippen molar-refractivity contribution in [2.24, 2.45) is 15.7 Å². The Morgan fingerprint density at radius 3 is 2.07 bits per heavy atom. The Balaban J connectivity index is 1.25. The van der Waals surface area contributed by atoms with Crippen molar-refractivity contribution in [3.63, 3.8) is 0 Å². The van der Waals surface area contributed by atoms with Crippen molar-refractivity contribution in [3.05, 3.63) is 168 Å². The first-order valence-electron chi connectivity index (χ1n) is 15.1. The molecule has 0 bridgehead atoms. The average molecular weight is 580 g/mol. The fourth-order valence-electron chi connectivity index (χ4n) is 6.06. The minimum atomic E-state index is 0.400. The summed E-state index contributed by atoms with van der Waals surface area (Å²) in [5.74, 6) is 0.988. The van der Waals surface area contributed by atoms with Crippen LogP contribution in [0.15, 0.2) is 166 Å². The Bertz CT molecular complexity index is 2420. The first-order chi connectivity index (χ1) is 22.2. The van der Waals surface area contributed by atoms with Gasteiger partial charge in [0.2, 0.25) is 0 Å². The zero-order chi connectivity index (χ0) is 30.2. The summed E-state index contributed by atoms with van der Waals surface area (Å²) < 4.78 is 6.04. The molecular formula is C41H29N3O. The third-order valence-electron chi connectivity index (χ3n) is 8.36. The highest BCUT2D eigenvalue weighted by molar-refractivity contribution is 6.14. The van der Waals surface area contributed by atoms with Gasteiger partial charge in [-0.2, -0.15) is 0 Å². The van der Waals surface area contributed by atoms with Crippen molar-refractivity contribution in [2.45, 2.75) is 6.54 Å². The van der Waals surface area contributed by atoms with Crippen LogP contribution in [0.5, 0.6) is 0 Å². The first-order valence-corrected chi connectivity index (χ1v) is 15.1. The number of fused-ring (bicyclic) bond motifs is 5. The number of furan rings is 1. The van der Waals surface area contributed by atoms with Crippen LogP contribution in [0, 0.1) is 0 Å². The number of benzene rings is 7. The van der Waals surface area contributed by atoms with Crippen LogP contribution in [0.2, 0.25) is 0 Å². The van der Waals surface area contributed by atoms with Gasteiger partial charge in [0, 0.05) is 21.9 Å². The van der Waals surface area contributed by atoms with Gasteiger partial charge in [0.25, 0.3) is 0 Å². The van der Waals surface area contributed by atoms with Crippen molar-refractivity contribution in [3.8, 4) is 11.1 Å². The molecule has 2 N–H and O–H groups in total. The number of rotatable bonds is 5. The zero-order valence-corrected chi connectivity index (χ0v) is 24.5. The molecule has 0 aliphatic heterocycles. The molecule has 0 saturated heterocycles. The van der Waals surface area contributed by atoms with Gasteiger partial charge in [-0.15, -0.1) is 0 Å². The molecule has 4 nitrogen and oxygen atoms in total. The summed E-state index contributed by atoms with van der Waals surface area (Å²) in [5, 5.41) is 6.70. The van der Waals surface area contributed by atoms with E-state index >= 15 is 0 Å². The standard InChI is InChI=1S/C41H29N3O/c42-40(31-20-21-39-37(25-31)36-16-8-9-17-38(36)45-39)44-41(32-19-18-28-12-4-5-13-29(28)22-32)43-26-34-24-33(27-10-2-1-3-11-27)23-30-14-6-7-15-35(30)34/h1-25H,26H2,(H2,42,43,44). The second-order valence-corrected chi connectivity index (χ2v) is 11.2. The number of aliphatic imine (C=N–C) groups is 2. The van der Waals surface area contributed by atoms with E-state index in [1.54, 1.807) is 0 Å². The molecule has 4 heteroatoms. The molecular weight excluding hydrogens is 550 g/mol. The third kappa shape index (κ3) is 5.13. The molecule has 0 aliphatic rings. The first kappa shape index (κ1) is 26.6. The minimum absolute atomic E-state index is 0.400. The van der Waals surface area contributed by atoms with Gasteiger partial charge in [-0.1, -0.05) is 109 Å². The van der Waals surface area contributed by atoms with Crippen LogP contribution in [-0.2, 0) is 6.54 Å². The van der Waals surface area contributed by atoms with Gasteiger partial charge in [0.15, 0.2) is 5.84 Å². The largest absolute Gasteiger partial charge is 0.456 e. The maximum absolute atomic E-state index is 6.75. The number of nitrogens with two attached hydrogens (primary N) is 1. The van der Waals surface area contributed by atoms with Gasteiger partial charge in [0.1, 0.15) is 17.0 Å². The van der Waals surface area contributed by atoms with Crippen molar-refractivity contribution < 1.29 is 4.42 Å². The van der Waals surface area contributed by atoms with E-state index in [-0.39, 0.29) is 0 Å². The fourth-order valence-corrected chi connectivity index (χ4v) is 6.06. The Kier molecular flexibility index (Phi) is 6.65. The highest BCUT2D eigenvalue weighted by Crippen LogP contribution is 2.30. The minimum Gasteiger partial charge on any atom is -0.456 e. The number of hydrogen-bond donors (Lipinski definition) is 1. The van der Waals surface area contributed by atoms with E-state index in [2.05, 4.69) is 103 Å². The molecule has 45 heavy (non-hydrogen) atoms. The molecule has 0 fully saturated rings. The van der Waals surface area contributed by atoms with Crippen LogP contribution >= 0.6 is 0 Å². The molecule has 0 amide bonds. The Hall–Kier alpha value is -6.00. The van der Waals surface area contributed by atoms with E-state index < -0.39 is 0 Å². The van der Waals surface area contributed by atoms with Gasteiger partial charge < -0.3 is 10.2 Å². The molecule has 0 radical (unpaired) electrons. The Labute approximate surface area is 260 Å². The topological polar surface area (TPSA) is 63.9 Å². The lowest BCUT2D eigenvalue weighted by Crippen LogP contribution is -2.16. The molecule has 8 aromatic rings. The lowest BCUT2D eigenvalue weighted by atomic mass is 9.97. The Morgan fingerprint density at radius 1 is 0.511 bits per heavy atom. The summed E-state index contributed by atoms with van der Waals surface area (Å²) in [6.07, 6.45) is 0. The summed E-state index contributed by atoms with van der Waals surface area (Å²) in [4.78, 5) is 10.1. The summed E-state index contributed by atoms with van der Waals surface area (Å²) >= 11 is 0. The molecule has 0 atom stereocenters. The van der Waals surface area contributed by atoms with Gasteiger partial charge in [-0.25, -0.2) is 4.99 Å². The maximum Gasteiger partial charge on any atom is 0.157 e. The normalized spacial score (nSPS) is 12.4. The number of para-hydroxylation sites is 1. The quantitative estimate of drug-likeness (QED) is 0.163. The van der Waals surface area contributed by atoms with Crippen molar-refractivity contribution in [1.82, 2.24) is 0 Å². The van der Waals surface area contributed by atoms with Gasteiger partial charge in [0.05, 0.1) is 6.54 Å². The third-order valence-corrected chi connectivity index (χ3v) is 8.36. The average Bonchev–Trinajstić information content (AvgIpc) is 3.48. The van der Waals surface area contributed by atoms with E-state index in [1.807, 2.05) is 48.5 Å². The predicted molar refractivity (Wildman–Crippen MR) is 188 cm³/mol. The molecule has 0 unspecified atom stereocenters. The van der Waals surface area contributed by atoms with Crippen LogP contribution < -0.4 is 5.73 Å². The van der Waals surface area contributed by atoms with Gasteiger partial charge in [-0.3, -0.25) is 4.99 Å². The van der Waals surface area contributed by atoms with Crippen molar-refractivity contribution in [1.29, 1.82) is 0 Å². The molecule has 0 saturated carbocycles. The molecule has 1 heterocycles. The second kappa shape index (κ2) is 11.3. The number of nitrogens with zero attached hydrogens (tertiary/aromatic N) is 2. The lowest BCUT2D eigenvalue weighted by Gasteiger charge is -2.11. The smallest absolute Gasteiger partial charge is 0.157 e. The van der Waals surface area contributed by atoms with E-state index in [0.717, 1.165) is 55.0 Å². The summed E-state index contributed by atoms with van der Waals surface area (Å²) in [7, 11) is 0. The molecule has 0 spiro atoms. The SMILES string of the molecule is NC(=NC(=NCc1cc(-c2ccccc2)cc2ccccc12)c1ccc2ccccc2c1)c1ccc2oc3ccccc3c2c1. The highest BCUT2D eigenvalue weighted by atomic mass is 16.3. The van der Waals surface area contributed by atoms with E-state index in [9.17, 15) is 0 Å². The molecule has 7 aromatic carbocycles. The highest BCUT2D eigenvalue weighted by Gasteiger charge is 2.12. The number of hydrogen-bond acceptors (Lipinski definition) is 2. The van der Waals surface area contributed by atoms with Crippen LogP contribution in [0.3, 0.4) is 0 Å². The lowest BCUT2D eigenvalue weighted by molar-refractivity contribution is 0.669. The van der Waals surface area contributed by atoms with Crippen LogP contribution in [0.25, 0.3) is 54.6 Å². The molecule has 214 valence electrons. The summed E-state index contributed by atoms with van der Waals surface area (Å²) in [5.41, 5.74) is 13.6. The zero-order valence-electron chi connectivity index (χ0n) is 24.5. The van der Waals surface area contributed by atoms with Crippen molar-refractivity contribution in [2.75, 3.05) is 0 Å². The summed E-state index contributed by atoms with van der Waals surface area (Å²) in [6, 6.07) is 52.1. The van der Waals surface area contributed by atoms with Gasteiger partial charge >= 0.3 is 0 Å². The maximum atomic E-state index is 6.75. The van der Waals surface area contributed by atoms with E-state index in [1.165, 1.54) is 16.3 Å². The fraction of sp³-hybridized carbons (Fsp3) is 0.0244. The van der Waals surface area contributed by atoms with E-state index in [4.69, 9.17) is 20.1 Å². The van der Waals surface area contributed by atoms with Crippen molar-refractivity contribution >= 4 is 55.2 Å². The van der Waals surface area contributed by atoms with E-state index in [0.29, 0.717) is 18.2 Å². The second-order valence-electron chi connectivity index (χ2n) is 11.2. The monoisotopic (exact) mass is 579 g/mol. The van der Waals surface area contributed by atoms with Crippen LogP contribution in [-0.4, -0.2) is 11.7 Å². The number of amidine groups is 2. The van der Waals surface area contributed by atoms with Crippen LogP contribution in [0.1, 0.15) is 16.7 Å². The van der Waals surface area contributed by atoms with Gasteiger partial charge in [-0.05, 0) is 80.7 Å². The Morgan fingerprint density at radius 2 is 1.20 bits per heavy atom. The molecule has 0 aliphatic carbocycles. The molecule has 8 rings (SSSR count).